The highest BCUT2D eigenvalue weighted by atomic mass is 16.6. The smallest absolute Gasteiger partial charge is 0.330 e. The normalized spacial score (nSPS) is 22.5. The van der Waals surface area contributed by atoms with Gasteiger partial charge in [0.25, 0.3) is 5.56 Å². The number of esters is 2. The lowest BCUT2D eigenvalue weighted by Gasteiger charge is -2.31. The van der Waals surface area contributed by atoms with Crippen molar-refractivity contribution in [2.75, 3.05) is 6.61 Å². The molecule has 136 valence electrons. The molecule has 0 bridgehead atoms. The predicted octanol–water partition coefficient (Wildman–Crippen LogP) is -0.425. The summed E-state index contributed by atoms with van der Waals surface area (Å²) in [5.41, 5.74) is -0.701. The van der Waals surface area contributed by atoms with Crippen molar-refractivity contribution < 1.29 is 23.8 Å². The van der Waals surface area contributed by atoms with Crippen LogP contribution in [0.25, 0.3) is 0 Å². The summed E-state index contributed by atoms with van der Waals surface area (Å²) in [6, 6.07) is 0. The molecule has 0 fully saturated rings. The van der Waals surface area contributed by atoms with E-state index in [0.717, 1.165) is 4.57 Å². The highest BCUT2D eigenvalue weighted by Gasteiger charge is 2.32. The molecule has 2 heterocycles. The molecule has 0 unspecified atom stereocenters. The van der Waals surface area contributed by atoms with E-state index in [1.165, 1.54) is 38.7 Å². The van der Waals surface area contributed by atoms with Gasteiger partial charge in [-0.3, -0.25) is 19.0 Å². The lowest BCUT2D eigenvalue weighted by Crippen LogP contribution is -2.43. The molecule has 0 amide bonds. The number of rotatable bonds is 4. The van der Waals surface area contributed by atoms with Crippen molar-refractivity contribution in [2.24, 2.45) is 14.1 Å². The number of carbonyl (C=O) groups is 2. The van der Waals surface area contributed by atoms with Crippen molar-refractivity contribution in [3.8, 4) is 0 Å². The SMILES string of the molecule is CC(=O)OC[C@H]1O[C@@H](c2cn(C)c(=O)n(C)c2=O)C=C[C@@H]1OC(C)=O. The minimum absolute atomic E-state index is 0.139. The van der Waals surface area contributed by atoms with Crippen molar-refractivity contribution >= 4 is 11.9 Å². The largest absolute Gasteiger partial charge is 0.463 e. The zero-order valence-electron chi connectivity index (χ0n) is 14.4. The summed E-state index contributed by atoms with van der Waals surface area (Å²) < 4.78 is 18.1. The number of hydrogen-bond acceptors (Lipinski definition) is 7. The molecular formula is C16H20N2O7. The molecule has 1 aliphatic heterocycles. The molecule has 0 N–H and O–H groups in total. The predicted molar refractivity (Wildman–Crippen MR) is 85.9 cm³/mol. The van der Waals surface area contributed by atoms with Crippen LogP contribution in [0, 0.1) is 0 Å². The Morgan fingerprint density at radius 1 is 1.16 bits per heavy atom. The van der Waals surface area contributed by atoms with E-state index in [9.17, 15) is 19.2 Å². The van der Waals surface area contributed by atoms with Crippen LogP contribution in [0.2, 0.25) is 0 Å². The summed E-state index contributed by atoms with van der Waals surface area (Å²) in [5, 5.41) is 0. The summed E-state index contributed by atoms with van der Waals surface area (Å²) in [7, 11) is 2.90. The average Bonchev–Trinajstić information content (AvgIpc) is 2.55. The van der Waals surface area contributed by atoms with Gasteiger partial charge in [-0.15, -0.1) is 0 Å². The van der Waals surface area contributed by atoms with Gasteiger partial charge in [-0.05, 0) is 6.08 Å². The van der Waals surface area contributed by atoms with Crippen molar-refractivity contribution in [2.45, 2.75) is 32.2 Å². The standard InChI is InChI=1S/C16H20N2O7/c1-9(19)23-8-14-13(24-10(2)20)6-5-12(25-14)11-7-17(3)16(22)18(4)15(11)21/h5-7,12-14H,8H2,1-4H3/t12-,13+,14-/m1/s1. The fourth-order valence-electron chi connectivity index (χ4n) is 2.49. The monoisotopic (exact) mass is 352 g/mol. The Labute approximate surface area is 143 Å². The molecule has 1 aliphatic rings. The van der Waals surface area contributed by atoms with Crippen LogP contribution in [0.4, 0.5) is 0 Å². The highest BCUT2D eigenvalue weighted by molar-refractivity contribution is 5.66. The number of carbonyl (C=O) groups excluding carboxylic acids is 2. The first-order valence-corrected chi connectivity index (χ1v) is 7.61. The summed E-state index contributed by atoms with van der Waals surface area (Å²) >= 11 is 0. The van der Waals surface area contributed by atoms with Gasteiger partial charge >= 0.3 is 17.6 Å². The zero-order chi connectivity index (χ0) is 18.7. The maximum absolute atomic E-state index is 12.3. The Balaban J connectivity index is 2.35. The maximum Gasteiger partial charge on any atom is 0.330 e. The molecule has 9 heteroatoms. The lowest BCUT2D eigenvalue weighted by atomic mass is 10.1. The van der Waals surface area contributed by atoms with Gasteiger partial charge < -0.3 is 18.8 Å². The summed E-state index contributed by atoms with van der Waals surface area (Å²) in [6.45, 7) is 2.37. The highest BCUT2D eigenvalue weighted by Crippen LogP contribution is 2.26. The minimum atomic E-state index is -0.773. The second-order valence-electron chi connectivity index (χ2n) is 5.70. The van der Waals surface area contributed by atoms with E-state index in [4.69, 9.17) is 14.2 Å². The van der Waals surface area contributed by atoms with Gasteiger partial charge in [-0.1, -0.05) is 6.08 Å². The van der Waals surface area contributed by atoms with Gasteiger partial charge in [0.2, 0.25) is 0 Å². The van der Waals surface area contributed by atoms with E-state index in [-0.39, 0.29) is 12.2 Å². The molecule has 0 aliphatic carbocycles. The first-order valence-electron chi connectivity index (χ1n) is 7.61. The van der Waals surface area contributed by atoms with Crippen molar-refractivity contribution in [1.29, 1.82) is 0 Å². The van der Waals surface area contributed by atoms with Gasteiger partial charge in [-0.2, -0.15) is 0 Å². The third-order valence-electron chi connectivity index (χ3n) is 3.70. The van der Waals surface area contributed by atoms with E-state index in [1.54, 1.807) is 12.2 Å². The van der Waals surface area contributed by atoms with E-state index in [1.807, 2.05) is 0 Å². The molecule has 0 saturated heterocycles. The van der Waals surface area contributed by atoms with Crippen LogP contribution in [-0.4, -0.2) is 39.9 Å². The number of aromatic nitrogens is 2. The second kappa shape index (κ2) is 7.47. The first kappa shape index (κ1) is 18.7. The van der Waals surface area contributed by atoms with Crippen LogP contribution in [0.3, 0.4) is 0 Å². The molecular weight excluding hydrogens is 332 g/mol. The summed E-state index contributed by atoms with van der Waals surface area (Å²) in [6.07, 6.45) is 2.26. The number of nitrogens with zero attached hydrogens (tertiary/aromatic N) is 2. The fraction of sp³-hybridized carbons (Fsp3) is 0.500. The molecule has 25 heavy (non-hydrogen) atoms. The number of aryl methyl sites for hydroxylation is 1. The quantitative estimate of drug-likeness (QED) is 0.535. The molecule has 3 atom stereocenters. The van der Waals surface area contributed by atoms with Crippen LogP contribution in [0.15, 0.2) is 27.9 Å². The molecule has 0 saturated carbocycles. The van der Waals surface area contributed by atoms with Gasteiger partial charge in [0, 0.05) is 34.1 Å². The molecule has 2 rings (SSSR count). The van der Waals surface area contributed by atoms with Crippen LogP contribution in [0.5, 0.6) is 0 Å². The molecule has 0 spiro atoms. The zero-order valence-corrected chi connectivity index (χ0v) is 14.4. The van der Waals surface area contributed by atoms with Gasteiger partial charge in [0.1, 0.15) is 24.9 Å². The third kappa shape index (κ3) is 4.24. The van der Waals surface area contributed by atoms with Crippen LogP contribution in [0.1, 0.15) is 25.5 Å². The Morgan fingerprint density at radius 2 is 1.84 bits per heavy atom. The van der Waals surface area contributed by atoms with E-state index in [0.29, 0.717) is 0 Å². The fourth-order valence-corrected chi connectivity index (χ4v) is 2.49. The van der Waals surface area contributed by atoms with Crippen LogP contribution < -0.4 is 11.2 Å². The Hall–Kier alpha value is -2.68. The Kier molecular flexibility index (Phi) is 5.58. The molecule has 0 aromatic carbocycles. The topological polar surface area (TPSA) is 106 Å². The molecule has 1 aromatic heterocycles. The van der Waals surface area contributed by atoms with Crippen molar-refractivity contribution in [1.82, 2.24) is 9.13 Å². The second-order valence-corrected chi connectivity index (χ2v) is 5.70. The molecule has 0 radical (unpaired) electrons. The summed E-state index contributed by atoms with van der Waals surface area (Å²) in [4.78, 5) is 46.4. The Bertz CT molecular complexity index is 821. The van der Waals surface area contributed by atoms with E-state index >= 15 is 0 Å². The van der Waals surface area contributed by atoms with Crippen LogP contribution >= 0.6 is 0 Å². The number of ether oxygens (including phenoxy) is 3. The lowest BCUT2D eigenvalue weighted by molar-refractivity contribution is -0.163. The van der Waals surface area contributed by atoms with Gasteiger partial charge in [0.15, 0.2) is 0 Å². The average molecular weight is 352 g/mol. The van der Waals surface area contributed by atoms with Crippen molar-refractivity contribution in [3.05, 3.63) is 44.8 Å². The van der Waals surface area contributed by atoms with Gasteiger partial charge in [0.05, 0.1) is 5.56 Å². The maximum atomic E-state index is 12.3. The molecule has 1 aromatic rings. The number of hydrogen-bond donors (Lipinski definition) is 0. The van der Waals surface area contributed by atoms with Crippen molar-refractivity contribution in [3.63, 3.8) is 0 Å². The third-order valence-corrected chi connectivity index (χ3v) is 3.70. The summed E-state index contributed by atoms with van der Waals surface area (Å²) in [5.74, 6) is -1.02. The first-order chi connectivity index (χ1) is 11.7. The minimum Gasteiger partial charge on any atom is -0.463 e. The van der Waals surface area contributed by atoms with Crippen LogP contribution in [-0.2, 0) is 37.9 Å². The van der Waals surface area contributed by atoms with E-state index in [2.05, 4.69) is 0 Å². The van der Waals surface area contributed by atoms with E-state index < -0.39 is 41.5 Å². The van der Waals surface area contributed by atoms with Gasteiger partial charge in [-0.25, -0.2) is 4.79 Å². The molecule has 9 nitrogen and oxygen atoms in total. The Morgan fingerprint density at radius 3 is 2.44 bits per heavy atom.